The van der Waals surface area contributed by atoms with Gasteiger partial charge in [0, 0.05) is 32.9 Å². The average Bonchev–Trinajstić information content (AvgIpc) is 3.97. The van der Waals surface area contributed by atoms with Gasteiger partial charge in [-0.05, 0) is 158 Å². The van der Waals surface area contributed by atoms with Gasteiger partial charge in [0.2, 0.25) is 0 Å². The number of rotatable bonds is 7. The van der Waals surface area contributed by atoms with Gasteiger partial charge in [-0.1, -0.05) is 256 Å². The van der Waals surface area contributed by atoms with Gasteiger partial charge >= 0.3 is 0 Å². The van der Waals surface area contributed by atoms with Crippen LogP contribution in [-0.2, 0) is 27.1 Å². The van der Waals surface area contributed by atoms with Crippen LogP contribution in [0.15, 0.2) is 200 Å². The fraction of sp³-hybridized carbons (Fsp3) is 0.256. The van der Waals surface area contributed by atoms with Crippen LogP contribution in [0.2, 0.25) is 0 Å². The van der Waals surface area contributed by atoms with Crippen LogP contribution in [0.25, 0.3) is 93.2 Å². The first kappa shape index (κ1) is 52.7. The lowest BCUT2D eigenvalue weighted by Crippen LogP contribution is -2.16. The molecule has 2 nitrogen and oxygen atoms in total. The molecule has 0 unspecified atom stereocenters. The highest BCUT2D eigenvalue weighted by Crippen LogP contribution is 2.48. The minimum atomic E-state index is -0.133. The van der Waals surface area contributed by atoms with E-state index in [0.29, 0.717) is 0 Å². The number of anilines is 3. The van der Waals surface area contributed by atoms with Crippen molar-refractivity contribution in [2.24, 2.45) is 0 Å². The quantitative estimate of drug-likeness (QED) is 0.144. The predicted molar refractivity (Wildman–Crippen MR) is 349 cm³/mol. The zero-order chi connectivity index (χ0) is 56.4. The van der Waals surface area contributed by atoms with Gasteiger partial charge in [-0.2, -0.15) is 0 Å². The Morgan fingerprint density at radius 2 is 0.637 bits per heavy atom. The van der Waals surface area contributed by atoms with E-state index in [4.69, 9.17) is 0 Å². The van der Waals surface area contributed by atoms with Gasteiger partial charge in [-0.3, -0.25) is 0 Å². The number of hydrogen-bond donors (Lipinski definition) is 0. The summed E-state index contributed by atoms with van der Waals surface area (Å²) in [7, 11) is 0. The highest BCUT2D eigenvalue weighted by atomic mass is 15.1. The molecule has 0 aliphatic heterocycles. The fourth-order valence-corrected chi connectivity index (χ4v) is 12.1. The highest BCUT2D eigenvalue weighted by Gasteiger charge is 2.27. The van der Waals surface area contributed by atoms with Crippen LogP contribution in [0.5, 0.6) is 0 Å². The maximum atomic E-state index is 2.54. The number of fused-ring (bicyclic) bond motifs is 3. The molecule has 1 aromatic heterocycles. The molecule has 12 aromatic rings. The maximum Gasteiger partial charge on any atom is 0.0541 e. The molecule has 12 rings (SSSR count). The fourth-order valence-electron chi connectivity index (χ4n) is 12.1. The minimum absolute atomic E-state index is 0.00914. The van der Waals surface area contributed by atoms with Crippen LogP contribution in [0, 0.1) is 0 Å². The van der Waals surface area contributed by atoms with E-state index in [1.807, 2.05) is 0 Å². The highest BCUT2D eigenvalue weighted by molar-refractivity contribution is 6.27. The molecule has 0 saturated carbocycles. The van der Waals surface area contributed by atoms with E-state index in [9.17, 15) is 0 Å². The molecule has 0 spiro atoms. The van der Waals surface area contributed by atoms with Crippen molar-refractivity contribution in [2.75, 3.05) is 4.90 Å². The molecule has 0 fully saturated rings. The summed E-state index contributed by atoms with van der Waals surface area (Å²) in [6.07, 6.45) is 0. The molecule has 0 aliphatic carbocycles. The number of para-hydroxylation sites is 2. The van der Waals surface area contributed by atoms with Crippen molar-refractivity contribution in [1.82, 2.24) is 4.57 Å². The molecule has 0 aliphatic rings. The summed E-state index contributed by atoms with van der Waals surface area (Å²) in [5.41, 5.74) is 21.0. The Labute approximate surface area is 476 Å². The van der Waals surface area contributed by atoms with E-state index in [-0.39, 0.29) is 27.1 Å². The first-order chi connectivity index (χ1) is 37.8. The number of benzene rings is 11. The minimum Gasteiger partial charge on any atom is -0.310 e. The predicted octanol–water partition coefficient (Wildman–Crippen LogP) is 22.6. The second-order valence-corrected chi connectivity index (χ2v) is 28.0. The topological polar surface area (TPSA) is 8.17 Å². The van der Waals surface area contributed by atoms with E-state index in [0.717, 1.165) is 17.1 Å². The van der Waals surface area contributed by atoms with Crippen molar-refractivity contribution < 1.29 is 0 Å². The lowest BCUT2D eigenvalue weighted by molar-refractivity contribution is 0.568. The lowest BCUT2D eigenvalue weighted by Gasteiger charge is -2.31. The first-order valence-corrected chi connectivity index (χ1v) is 29.0. The summed E-state index contributed by atoms with van der Waals surface area (Å²) in [5.74, 6) is 0. The zero-order valence-electron chi connectivity index (χ0n) is 49.9. The summed E-state index contributed by atoms with van der Waals surface area (Å²) in [5, 5.41) is 10.0. The Balaban J connectivity index is 1.07. The van der Waals surface area contributed by atoms with Gasteiger partial charge in [0.05, 0.1) is 22.4 Å². The second kappa shape index (κ2) is 18.8. The molecule has 80 heavy (non-hydrogen) atoms. The smallest absolute Gasteiger partial charge is 0.0541 e. The Morgan fingerprint density at radius 1 is 0.275 bits per heavy atom. The third-order valence-electron chi connectivity index (χ3n) is 17.1. The van der Waals surface area contributed by atoms with Crippen molar-refractivity contribution in [3.8, 4) is 39.1 Å². The Bertz CT molecular complexity index is 4220. The van der Waals surface area contributed by atoms with Gasteiger partial charge in [-0.25, -0.2) is 0 Å². The van der Waals surface area contributed by atoms with Crippen molar-refractivity contribution in [3.63, 3.8) is 0 Å². The summed E-state index contributed by atoms with van der Waals surface area (Å²) in [6.45, 7) is 34.9. The molecular formula is C78H78N2. The van der Waals surface area contributed by atoms with Crippen molar-refractivity contribution in [1.29, 1.82) is 0 Å². The Kier molecular flexibility index (Phi) is 12.4. The van der Waals surface area contributed by atoms with E-state index in [2.05, 4.69) is 314 Å². The molecule has 400 valence electrons. The largest absolute Gasteiger partial charge is 0.310 e. The van der Waals surface area contributed by atoms with Gasteiger partial charge in [0.15, 0.2) is 0 Å². The molecular weight excluding hydrogens is 965 g/mol. The molecule has 0 N–H and O–H groups in total. The number of aromatic nitrogens is 1. The molecule has 0 bridgehead atoms. The van der Waals surface area contributed by atoms with Crippen LogP contribution in [-0.4, -0.2) is 4.57 Å². The molecule has 0 atom stereocenters. The zero-order valence-corrected chi connectivity index (χ0v) is 49.9. The summed E-state index contributed by atoms with van der Waals surface area (Å²) in [6, 6.07) is 76.9. The van der Waals surface area contributed by atoms with Crippen LogP contribution < -0.4 is 4.90 Å². The average molecular weight is 1040 g/mol. The van der Waals surface area contributed by atoms with Crippen molar-refractivity contribution in [3.05, 3.63) is 228 Å². The molecule has 0 amide bonds. The normalized spacial score (nSPS) is 12.9. The Hall–Kier alpha value is -7.94. The van der Waals surface area contributed by atoms with Gasteiger partial charge < -0.3 is 9.47 Å². The Morgan fingerprint density at radius 3 is 1.09 bits per heavy atom. The van der Waals surface area contributed by atoms with Crippen LogP contribution in [0.1, 0.15) is 132 Å². The standard InChI is InChI=1S/C78H78N2/c1-74(2,3)57-40-54(41-58(46-57)75(4,5)6)49-24-26-50(27-25-49)56-44-61(78(13,14)15)48-63(45-56)79(62-34-28-51(29-35-62)55-42-59(76(7,8)9)47-60(43-55)77(10,11)12)70-38-32-52-31-37-67-71(39-33-53-30-36-66(70)72(52)73(53)67)80-68-22-18-16-20-64(68)65-21-17-19-23-69(65)80/h16-48H,1-15H3. The van der Waals surface area contributed by atoms with Crippen molar-refractivity contribution >= 4 is 71.2 Å². The maximum absolute atomic E-state index is 2.54. The third-order valence-corrected chi connectivity index (χ3v) is 17.1. The van der Waals surface area contributed by atoms with E-state index < -0.39 is 0 Å². The van der Waals surface area contributed by atoms with E-state index >= 15 is 0 Å². The number of hydrogen-bond acceptors (Lipinski definition) is 1. The van der Waals surface area contributed by atoms with E-state index in [1.165, 1.54) is 121 Å². The molecule has 0 saturated heterocycles. The number of nitrogens with zero attached hydrogens (tertiary/aromatic N) is 2. The van der Waals surface area contributed by atoms with Gasteiger partial charge in [-0.15, -0.1) is 0 Å². The van der Waals surface area contributed by atoms with Gasteiger partial charge in [0.25, 0.3) is 0 Å². The summed E-state index contributed by atoms with van der Waals surface area (Å²) < 4.78 is 2.48. The third kappa shape index (κ3) is 9.45. The van der Waals surface area contributed by atoms with E-state index in [1.54, 1.807) is 0 Å². The first-order valence-electron chi connectivity index (χ1n) is 29.0. The van der Waals surface area contributed by atoms with Crippen LogP contribution >= 0.6 is 0 Å². The van der Waals surface area contributed by atoms with Crippen LogP contribution in [0.3, 0.4) is 0 Å². The molecule has 11 aromatic carbocycles. The lowest BCUT2D eigenvalue weighted by atomic mass is 9.79. The molecule has 1 heterocycles. The van der Waals surface area contributed by atoms with Crippen molar-refractivity contribution in [2.45, 2.75) is 131 Å². The molecule has 0 radical (unpaired) electrons. The molecule has 2 heteroatoms. The monoisotopic (exact) mass is 1040 g/mol. The van der Waals surface area contributed by atoms with Gasteiger partial charge in [0.1, 0.15) is 0 Å². The second-order valence-electron chi connectivity index (χ2n) is 28.0. The summed E-state index contributed by atoms with van der Waals surface area (Å²) >= 11 is 0. The van der Waals surface area contributed by atoms with Crippen LogP contribution in [0.4, 0.5) is 17.1 Å². The summed E-state index contributed by atoms with van der Waals surface area (Å²) in [4.78, 5) is 2.54. The SMILES string of the molecule is CC(C)(C)c1cc(-c2ccc(-c3cc(C(C)(C)C)cc(C(C)(C)C)c3)cc2)cc(N(c2ccc(-c3cc(C(C)(C)C)cc(C(C)(C)C)c3)cc2)c2ccc3ccc4c(-n5c6ccccc6c6ccccc65)ccc5ccc2c3c54)c1.